The van der Waals surface area contributed by atoms with Gasteiger partial charge in [0.1, 0.15) is 0 Å². The van der Waals surface area contributed by atoms with Crippen molar-refractivity contribution in [3.8, 4) is 0 Å². The molecule has 0 saturated heterocycles. The van der Waals surface area contributed by atoms with Gasteiger partial charge in [-0.3, -0.25) is 4.99 Å². The SMILES string of the molecule is C=NC(=C/CC)/C(=C\C)NCC. The first-order valence-corrected chi connectivity index (χ1v) is 4.37. The number of nitrogens with one attached hydrogen (secondary N) is 1. The van der Waals surface area contributed by atoms with Crippen molar-refractivity contribution in [1.29, 1.82) is 0 Å². The molecule has 0 aromatic carbocycles. The van der Waals surface area contributed by atoms with E-state index in [0.717, 1.165) is 24.4 Å². The molecule has 0 bridgehead atoms. The molecule has 0 atom stereocenters. The van der Waals surface area contributed by atoms with Crippen LogP contribution in [0.15, 0.2) is 28.5 Å². The second-order valence-corrected chi connectivity index (χ2v) is 2.39. The summed E-state index contributed by atoms with van der Waals surface area (Å²) in [6, 6.07) is 0. The van der Waals surface area contributed by atoms with Gasteiger partial charge in [0.05, 0.1) is 11.4 Å². The van der Waals surface area contributed by atoms with Crippen LogP contribution in [0.3, 0.4) is 0 Å². The van der Waals surface area contributed by atoms with E-state index in [1.54, 1.807) is 0 Å². The van der Waals surface area contributed by atoms with Crippen molar-refractivity contribution in [2.24, 2.45) is 4.99 Å². The van der Waals surface area contributed by atoms with E-state index in [4.69, 9.17) is 0 Å². The molecule has 0 saturated carbocycles. The smallest absolute Gasteiger partial charge is 0.0810 e. The topological polar surface area (TPSA) is 24.4 Å². The van der Waals surface area contributed by atoms with Crippen molar-refractivity contribution < 1.29 is 0 Å². The summed E-state index contributed by atoms with van der Waals surface area (Å²) >= 11 is 0. The largest absolute Gasteiger partial charge is 0.384 e. The Kier molecular flexibility index (Phi) is 6.07. The summed E-state index contributed by atoms with van der Waals surface area (Å²) in [5, 5.41) is 3.23. The number of rotatable bonds is 5. The fourth-order valence-electron chi connectivity index (χ4n) is 0.984. The molecule has 1 N–H and O–H groups in total. The molecule has 68 valence electrons. The van der Waals surface area contributed by atoms with Gasteiger partial charge in [0.25, 0.3) is 0 Å². The Labute approximate surface area is 75.1 Å². The van der Waals surface area contributed by atoms with E-state index in [1.807, 2.05) is 13.0 Å². The summed E-state index contributed by atoms with van der Waals surface area (Å²) in [7, 11) is 0. The van der Waals surface area contributed by atoms with Gasteiger partial charge in [-0.15, -0.1) is 0 Å². The molecule has 0 amide bonds. The molecule has 0 radical (unpaired) electrons. The van der Waals surface area contributed by atoms with Crippen molar-refractivity contribution in [3.63, 3.8) is 0 Å². The quantitative estimate of drug-likeness (QED) is 0.492. The predicted octanol–water partition coefficient (Wildman–Crippen LogP) is 2.49. The normalized spacial score (nSPS) is 12.9. The zero-order chi connectivity index (χ0) is 9.40. The first kappa shape index (κ1) is 11.0. The fraction of sp³-hybridized carbons (Fsp3) is 0.500. The van der Waals surface area contributed by atoms with E-state index in [0.29, 0.717) is 0 Å². The van der Waals surface area contributed by atoms with Crippen LogP contribution in [0, 0.1) is 0 Å². The molecule has 0 unspecified atom stereocenters. The lowest BCUT2D eigenvalue weighted by molar-refractivity contribution is 0.853. The minimum absolute atomic E-state index is 0.913. The lowest BCUT2D eigenvalue weighted by atomic mass is 10.2. The highest BCUT2D eigenvalue weighted by molar-refractivity contribution is 5.37. The van der Waals surface area contributed by atoms with Crippen LogP contribution < -0.4 is 5.32 Å². The summed E-state index contributed by atoms with van der Waals surface area (Å²) in [6.45, 7) is 10.6. The first-order chi connectivity index (χ1) is 5.79. The zero-order valence-electron chi connectivity index (χ0n) is 8.22. The molecule has 12 heavy (non-hydrogen) atoms. The maximum atomic E-state index is 3.95. The number of allylic oxidation sites excluding steroid dienone is 2. The Morgan fingerprint density at radius 1 is 1.50 bits per heavy atom. The maximum Gasteiger partial charge on any atom is 0.0810 e. The minimum Gasteiger partial charge on any atom is -0.384 e. The van der Waals surface area contributed by atoms with E-state index in [2.05, 4.69) is 37.0 Å². The van der Waals surface area contributed by atoms with Gasteiger partial charge in [-0.2, -0.15) is 0 Å². The van der Waals surface area contributed by atoms with Crippen molar-refractivity contribution in [1.82, 2.24) is 5.32 Å². The zero-order valence-corrected chi connectivity index (χ0v) is 8.22. The van der Waals surface area contributed by atoms with Crippen LogP contribution in [0.1, 0.15) is 27.2 Å². The Balaban J connectivity index is 4.46. The predicted molar refractivity (Wildman–Crippen MR) is 55.4 cm³/mol. The third kappa shape index (κ3) is 3.37. The number of hydrogen-bond donors (Lipinski definition) is 1. The van der Waals surface area contributed by atoms with Crippen LogP contribution >= 0.6 is 0 Å². The van der Waals surface area contributed by atoms with Crippen LogP contribution in [0.25, 0.3) is 0 Å². The van der Waals surface area contributed by atoms with Crippen molar-refractivity contribution >= 4 is 6.72 Å². The van der Waals surface area contributed by atoms with Crippen molar-refractivity contribution in [2.75, 3.05) is 6.54 Å². The van der Waals surface area contributed by atoms with Gasteiger partial charge in [-0.25, -0.2) is 0 Å². The monoisotopic (exact) mass is 166 g/mol. The lowest BCUT2D eigenvalue weighted by Crippen LogP contribution is -2.13. The van der Waals surface area contributed by atoms with Crippen LogP contribution in [-0.4, -0.2) is 13.3 Å². The molecule has 2 nitrogen and oxygen atoms in total. The van der Waals surface area contributed by atoms with E-state index in [9.17, 15) is 0 Å². The highest BCUT2D eigenvalue weighted by Crippen LogP contribution is 2.08. The van der Waals surface area contributed by atoms with Gasteiger partial charge in [-0.1, -0.05) is 19.1 Å². The van der Waals surface area contributed by atoms with E-state index < -0.39 is 0 Å². The average molecular weight is 166 g/mol. The third-order valence-electron chi connectivity index (χ3n) is 1.50. The Morgan fingerprint density at radius 2 is 2.17 bits per heavy atom. The summed E-state index contributed by atoms with van der Waals surface area (Å²) in [6.07, 6.45) is 5.06. The van der Waals surface area contributed by atoms with Gasteiger partial charge >= 0.3 is 0 Å². The van der Waals surface area contributed by atoms with Gasteiger partial charge in [0, 0.05) is 6.54 Å². The fourth-order valence-corrected chi connectivity index (χ4v) is 0.984. The molecule has 0 fully saturated rings. The van der Waals surface area contributed by atoms with Crippen LogP contribution in [-0.2, 0) is 0 Å². The van der Waals surface area contributed by atoms with Gasteiger partial charge in [0.15, 0.2) is 0 Å². The molecule has 0 aromatic rings. The highest BCUT2D eigenvalue weighted by Gasteiger charge is 1.97. The molecule has 0 aromatic heterocycles. The van der Waals surface area contributed by atoms with E-state index in [1.165, 1.54) is 0 Å². The third-order valence-corrected chi connectivity index (χ3v) is 1.50. The Hall–Kier alpha value is -1.05. The molecular weight excluding hydrogens is 148 g/mol. The number of nitrogens with zero attached hydrogens (tertiary/aromatic N) is 1. The van der Waals surface area contributed by atoms with Gasteiger partial charge in [-0.05, 0) is 27.0 Å². The van der Waals surface area contributed by atoms with Gasteiger partial charge in [0.2, 0.25) is 0 Å². The van der Waals surface area contributed by atoms with E-state index >= 15 is 0 Å². The molecule has 2 heteroatoms. The van der Waals surface area contributed by atoms with Gasteiger partial charge < -0.3 is 5.32 Å². The van der Waals surface area contributed by atoms with Crippen LogP contribution in [0.2, 0.25) is 0 Å². The van der Waals surface area contributed by atoms with E-state index in [-0.39, 0.29) is 0 Å². The average Bonchev–Trinajstić information content (AvgIpc) is 2.11. The number of likely N-dealkylation sites (N-methyl/N-ethyl adjacent to an activating group) is 1. The van der Waals surface area contributed by atoms with Crippen LogP contribution in [0.4, 0.5) is 0 Å². The maximum absolute atomic E-state index is 3.95. The summed E-state index contributed by atoms with van der Waals surface area (Å²) < 4.78 is 0. The summed E-state index contributed by atoms with van der Waals surface area (Å²) in [5.41, 5.74) is 2.01. The van der Waals surface area contributed by atoms with Crippen LogP contribution in [0.5, 0.6) is 0 Å². The molecule has 0 rings (SSSR count). The second kappa shape index (κ2) is 6.65. The first-order valence-electron chi connectivity index (χ1n) is 4.37. The van der Waals surface area contributed by atoms with Crippen molar-refractivity contribution in [2.45, 2.75) is 27.2 Å². The molecular formula is C10H18N2. The Morgan fingerprint density at radius 3 is 2.50 bits per heavy atom. The number of hydrogen-bond acceptors (Lipinski definition) is 2. The lowest BCUT2D eigenvalue weighted by Gasteiger charge is -2.08. The minimum atomic E-state index is 0.913. The molecule has 0 aliphatic carbocycles. The molecule has 0 aliphatic heterocycles. The molecule has 0 aliphatic rings. The molecule has 0 spiro atoms. The van der Waals surface area contributed by atoms with Crippen molar-refractivity contribution in [3.05, 3.63) is 23.5 Å². The second-order valence-electron chi connectivity index (χ2n) is 2.39. The standard InChI is InChI=1S/C10H18N2/c1-5-8-10(11-4)9(6-2)12-7-3/h6,8,12H,4-5,7H2,1-3H3/b9-6+,10-8+. The molecule has 0 heterocycles. The Bertz CT molecular complexity index is 190. The highest BCUT2D eigenvalue weighted by atomic mass is 14.9. The number of aliphatic imine (C=N–C) groups is 1. The summed E-state index contributed by atoms with van der Waals surface area (Å²) in [4.78, 5) is 3.95. The summed E-state index contributed by atoms with van der Waals surface area (Å²) in [5.74, 6) is 0.